The first-order valence-electron chi connectivity index (χ1n) is 5.43. The minimum atomic E-state index is -3.49. The first-order chi connectivity index (χ1) is 8.43. The van der Waals surface area contributed by atoms with Crippen molar-refractivity contribution in [3.8, 4) is 0 Å². The van der Waals surface area contributed by atoms with Crippen LogP contribution in [0, 0.1) is 0 Å². The Hall–Kier alpha value is -0.690. The summed E-state index contributed by atoms with van der Waals surface area (Å²) in [5.74, 6) is 0. The second kappa shape index (κ2) is 6.47. The number of rotatable bonds is 6. The van der Waals surface area contributed by atoms with Gasteiger partial charge >= 0.3 is 0 Å². The van der Waals surface area contributed by atoms with Gasteiger partial charge < -0.3 is 5.32 Å². The van der Waals surface area contributed by atoms with Crippen molar-refractivity contribution in [2.75, 3.05) is 20.6 Å². The first-order valence-corrected chi connectivity index (χ1v) is 7.67. The predicted molar refractivity (Wildman–Crippen MR) is 76.9 cm³/mol. The highest BCUT2D eigenvalue weighted by molar-refractivity contribution is 9.10. The van der Waals surface area contributed by atoms with Gasteiger partial charge in [0.05, 0.1) is 4.90 Å². The molecule has 0 heterocycles. The Morgan fingerprint density at radius 1 is 1.50 bits per heavy atom. The minimum Gasteiger partial charge on any atom is -0.316 e. The van der Waals surface area contributed by atoms with Crippen LogP contribution in [0.5, 0.6) is 0 Å². The number of sulfonamides is 1. The van der Waals surface area contributed by atoms with Crippen LogP contribution in [-0.4, -0.2) is 33.4 Å². The van der Waals surface area contributed by atoms with Gasteiger partial charge in [0.2, 0.25) is 10.0 Å². The van der Waals surface area contributed by atoms with Crippen LogP contribution in [0.3, 0.4) is 0 Å². The lowest BCUT2D eigenvalue weighted by atomic mass is 10.2. The van der Waals surface area contributed by atoms with Gasteiger partial charge in [-0.1, -0.05) is 12.1 Å². The van der Waals surface area contributed by atoms with Gasteiger partial charge in [-0.05, 0) is 40.7 Å². The summed E-state index contributed by atoms with van der Waals surface area (Å²) >= 11 is 3.28. The molecule has 0 radical (unpaired) electrons. The summed E-state index contributed by atoms with van der Waals surface area (Å²) in [6, 6.07) is 5.31. The number of likely N-dealkylation sites (N-methyl/N-ethyl adjacent to an activating group) is 1. The molecule has 0 fully saturated rings. The average Bonchev–Trinajstić information content (AvgIpc) is 2.32. The molecule has 1 rings (SSSR count). The van der Waals surface area contributed by atoms with Gasteiger partial charge in [0.15, 0.2) is 0 Å². The average molecular weight is 333 g/mol. The molecule has 0 amide bonds. The largest absolute Gasteiger partial charge is 0.316 e. The van der Waals surface area contributed by atoms with Crippen LogP contribution in [0.15, 0.2) is 40.2 Å². The molecule has 0 aliphatic rings. The van der Waals surface area contributed by atoms with Gasteiger partial charge in [-0.15, -0.1) is 6.58 Å². The van der Waals surface area contributed by atoms with E-state index in [1.807, 2.05) is 13.1 Å². The van der Waals surface area contributed by atoms with Crippen LogP contribution in [-0.2, 0) is 16.6 Å². The van der Waals surface area contributed by atoms with E-state index in [4.69, 9.17) is 0 Å². The van der Waals surface area contributed by atoms with E-state index < -0.39 is 10.0 Å². The van der Waals surface area contributed by atoms with E-state index in [1.54, 1.807) is 18.2 Å². The Bertz CT molecular complexity index is 529. The van der Waals surface area contributed by atoms with Crippen LogP contribution in [0.4, 0.5) is 0 Å². The molecule has 0 saturated heterocycles. The fraction of sp³-hybridized carbons (Fsp3) is 0.333. The van der Waals surface area contributed by atoms with Crippen molar-refractivity contribution in [2.45, 2.75) is 11.4 Å². The topological polar surface area (TPSA) is 49.4 Å². The number of nitrogens with zero attached hydrogens (tertiary/aromatic N) is 1. The molecule has 1 aromatic carbocycles. The maximum Gasteiger partial charge on any atom is 0.244 e. The molecule has 1 aromatic rings. The van der Waals surface area contributed by atoms with Crippen molar-refractivity contribution in [3.05, 3.63) is 40.9 Å². The summed E-state index contributed by atoms with van der Waals surface area (Å²) in [4.78, 5) is 0.277. The van der Waals surface area contributed by atoms with E-state index in [2.05, 4.69) is 27.8 Å². The lowest BCUT2D eigenvalue weighted by molar-refractivity contribution is 0.499. The van der Waals surface area contributed by atoms with Crippen LogP contribution >= 0.6 is 15.9 Å². The third-order valence-corrected chi connectivity index (χ3v) is 5.27. The van der Waals surface area contributed by atoms with E-state index in [1.165, 1.54) is 11.4 Å². The van der Waals surface area contributed by atoms with Crippen LogP contribution in [0.2, 0.25) is 0 Å². The molecule has 0 aromatic heterocycles. The molecular formula is C12H17BrN2O2S. The molecule has 6 heteroatoms. The summed E-state index contributed by atoms with van der Waals surface area (Å²) in [5.41, 5.74) is 0.922. The molecule has 4 nitrogen and oxygen atoms in total. The van der Waals surface area contributed by atoms with E-state index in [0.29, 0.717) is 11.0 Å². The van der Waals surface area contributed by atoms with E-state index in [9.17, 15) is 8.42 Å². The van der Waals surface area contributed by atoms with Crippen LogP contribution in [0.1, 0.15) is 5.56 Å². The van der Waals surface area contributed by atoms with Crippen molar-refractivity contribution in [1.29, 1.82) is 0 Å². The lowest BCUT2D eigenvalue weighted by Crippen LogP contribution is -2.27. The molecule has 0 saturated carbocycles. The van der Waals surface area contributed by atoms with Gasteiger partial charge in [0.25, 0.3) is 0 Å². The molecule has 18 heavy (non-hydrogen) atoms. The minimum absolute atomic E-state index is 0.277. The van der Waals surface area contributed by atoms with Crippen LogP contribution in [0.25, 0.3) is 0 Å². The molecule has 1 N–H and O–H groups in total. The third-order valence-electron chi connectivity index (χ3n) is 2.45. The van der Waals surface area contributed by atoms with Gasteiger partial charge in [-0.3, -0.25) is 0 Å². The number of hydrogen-bond donors (Lipinski definition) is 1. The zero-order valence-corrected chi connectivity index (χ0v) is 12.9. The molecule has 0 bridgehead atoms. The van der Waals surface area contributed by atoms with Crippen molar-refractivity contribution < 1.29 is 8.42 Å². The Balaban J connectivity index is 3.22. The monoisotopic (exact) mass is 332 g/mol. The molecule has 0 aliphatic heterocycles. The molecular weight excluding hydrogens is 316 g/mol. The summed E-state index contributed by atoms with van der Waals surface area (Å²) in [6.07, 6.45) is 1.56. The predicted octanol–water partition coefficient (Wildman–Crippen LogP) is 1.97. The van der Waals surface area contributed by atoms with Gasteiger partial charge in [-0.25, -0.2) is 8.42 Å². The number of benzene rings is 1. The second-order valence-electron chi connectivity index (χ2n) is 3.87. The number of nitrogens with one attached hydrogen (secondary N) is 1. The van der Waals surface area contributed by atoms with Crippen molar-refractivity contribution in [2.24, 2.45) is 0 Å². The van der Waals surface area contributed by atoms with Gasteiger partial charge in [0.1, 0.15) is 0 Å². The van der Waals surface area contributed by atoms with E-state index in [-0.39, 0.29) is 11.4 Å². The molecule has 100 valence electrons. The standard InChI is InChI=1S/C12H17BrN2O2S/c1-4-7-15(3)18(16,17)12-8-10(9-14-2)5-6-11(12)13/h4-6,8,14H,1,7,9H2,2-3H3. The molecule has 0 spiro atoms. The van der Waals surface area contributed by atoms with Crippen LogP contribution < -0.4 is 5.32 Å². The van der Waals surface area contributed by atoms with Crippen molar-refractivity contribution in [3.63, 3.8) is 0 Å². The van der Waals surface area contributed by atoms with E-state index in [0.717, 1.165) is 5.56 Å². The summed E-state index contributed by atoms with van der Waals surface area (Å²) in [5, 5.41) is 3.00. The van der Waals surface area contributed by atoms with Gasteiger partial charge in [0, 0.05) is 24.6 Å². The fourth-order valence-corrected chi connectivity index (χ4v) is 3.62. The number of hydrogen-bond acceptors (Lipinski definition) is 3. The Kier molecular flexibility index (Phi) is 5.52. The first kappa shape index (κ1) is 15.4. The molecule has 0 atom stereocenters. The highest BCUT2D eigenvalue weighted by Crippen LogP contribution is 2.25. The Morgan fingerprint density at radius 3 is 2.72 bits per heavy atom. The SMILES string of the molecule is C=CCN(C)S(=O)(=O)c1cc(CNC)ccc1Br. The maximum absolute atomic E-state index is 12.3. The lowest BCUT2D eigenvalue weighted by Gasteiger charge is -2.17. The Labute approximate surface area is 117 Å². The van der Waals surface area contributed by atoms with Gasteiger partial charge in [-0.2, -0.15) is 4.31 Å². The smallest absolute Gasteiger partial charge is 0.244 e. The fourth-order valence-electron chi connectivity index (χ4n) is 1.51. The molecule has 0 unspecified atom stereocenters. The normalized spacial score (nSPS) is 11.8. The maximum atomic E-state index is 12.3. The zero-order chi connectivity index (χ0) is 13.8. The second-order valence-corrected chi connectivity index (χ2v) is 6.74. The highest BCUT2D eigenvalue weighted by Gasteiger charge is 2.22. The number of halogens is 1. The van der Waals surface area contributed by atoms with Crippen molar-refractivity contribution in [1.82, 2.24) is 9.62 Å². The summed E-state index contributed by atoms with van der Waals surface area (Å²) < 4.78 is 26.5. The highest BCUT2D eigenvalue weighted by atomic mass is 79.9. The summed E-state index contributed by atoms with van der Waals surface area (Å²) in [6.45, 7) is 4.46. The summed E-state index contributed by atoms with van der Waals surface area (Å²) in [7, 11) is -0.130. The quantitative estimate of drug-likeness (QED) is 0.810. The zero-order valence-electron chi connectivity index (χ0n) is 10.5. The molecule has 0 aliphatic carbocycles. The van der Waals surface area contributed by atoms with Crippen molar-refractivity contribution >= 4 is 26.0 Å². The third kappa shape index (κ3) is 3.41. The Morgan fingerprint density at radius 2 is 2.17 bits per heavy atom. The van der Waals surface area contributed by atoms with E-state index >= 15 is 0 Å².